The second-order valence-corrected chi connectivity index (χ2v) is 6.52. The van der Waals surface area contributed by atoms with Crippen LogP contribution in [-0.4, -0.2) is 66.1 Å². The van der Waals surface area contributed by atoms with Gasteiger partial charge in [0, 0.05) is 43.6 Å². The van der Waals surface area contributed by atoms with Crippen molar-refractivity contribution < 1.29 is 9.53 Å². The van der Waals surface area contributed by atoms with Crippen LogP contribution in [0.4, 0.5) is 0 Å². The molecule has 0 aromatic carbocycles. The average Bonchev–Trinajstić information content (AvgIpc) is 2.90. The Balaban J connectivity index is 1.69. The number of nitrogens with one attached hydrogen (secondary N) is 1. The predicted molar refractivity (Wildman–Crippen MR) is 87.7 cm³/mol. The fraction of sp³-hybridized carbons (Fsp3) is 0.647. The Labute approximate surface area is 136 Å². The summed E-state index contributed by atoms with van der Waals surface area (Å²) in [6, 6.07) is 3.13. The van der Waals surface area contributed by atoms with E-state index in [1.165, 1.54) is 18.9 Å². The molecule has 2 aliphatic rings. The van der Waals surface area contributed by atoms with Gasteiger partial charge in [0.25, 0.3) is 5.91 Å². The van der Waals surface area contributed by atoms with Crippen LogP contribution >= 0.6 is 0 Å². The van der Waals surface area contributed by atoms with Gasteiger partial charge < -0.3 is 19.5 Å². The van der Waals surface area contributed by atoms with Gasteiger partial charge in [-0.15, -0.1) is 0 Å². The van der Waals surface area contributed by atoms with Crippen LogP contribution in [0.15, 0.2) is 16.9 Å². The number of carbonyl (C=O) groups excluding carboxylic acids is 1. The summed E-state index contributed by atoms with van der Waals surface area (Å²) in [6.07, 6.45) is 3.40. The SMILES string of the molecule is Cc1cc(C(=O)N2CCCOC(CN3CCCC3)C2)cc(=O)[nH]1. The minimum absolute atomic E-state index is 0.0580. The van der Waals surface area contributed by atoms with Gasteiger partial charge in [-0.3, -0.25) is 9.59 Å². The molecule has 6 nitrogen and oxygen atoms in total. The first-order valence-corrected chi connectivity index (χ1v) is 8.46. The first kappa shape index (κ1) is 16.2. The van der Waals surface area contributed by atoms with Crippen LogP contribution in [-0.2, 0) is 4.74 Å². The summed E-state index contributed by atoms with van der Waals surface area (Å²) in [4.78, 5) is 31.3. The topological polar surface area (TPSA) is 65.6 Å². The molecule has 0 saturated carbocycles. The number of pyridine rings is 1. The van der Waals surface area contributed by atoms with Crippen LogP contribution in [0.5, 0.6) is 0 Å². The molecule has 2 saturated heterocycles. The molecule has 1 aromatic rings. The van der Waals surface area contributed by atoms with Crippen LogP contribution < -0.4 is 5.56 Å². The third kappa shape index (κ3) is 4.20. The van der Waals surface area contributed by atoms with Gasteiger partial charge in [-0.1, -0.05) is 0 Å². The van der Waals surface area contributed by atoms with Crippen molar-refractivity contribution in [3.05, 3.63) is 33.7 Å². The van der Waals surface area contributed by atoms with Crippen molar-refractivity contribution in [2.75, 3.05) is 39.3 Å². The third-order valence-electron chi connectivity index (χ3n) is 4.52. The van der Waals surface area contributed by atoms with E-state index in [-0.39, 0.29) is 17.6 Å². The van der Waals surface area contributed by atoms with Crippen LogP contribution in [0, 0.1) is 6.92 Å². The lowest BCUT2D eigenvalue weighted by atomic mass is 10.2. The van der Waals surface area contributed by atoms with Gasteiger partial charge in [-0.05, 0) is 45.3 Å². The van der Waals surface area contributed by atoms with Gasteiger partial charge in [-0.2, -0.15) is 0 Å². The molecule has 0 aliphatic carbocycles. The fourth-order valence-electron chi connectivity index (χ4n) is 3.43. The minimum atomic E-state index is -0.229. The van der Waals surface area contributed by atoms with E-state index in [0.29, 0.717) is 31.0 Å². The number of rotatable bonds is 3. The molecule has 1 aromatic heterocycles. The summed E-state index contributed by atoms with van der Waals surface area (Å²) in [5.74, 6) is -0.0730. The van der Waals surface area contributed by atoms with Gasteiger partial charge in [-0.25, -0.2) is 0 Å². The molecule has 1 unspecified atom stereocenters. The molecule has 1 atom stereocenters. The zero-order valence-corrected chi connectivity index (χ0v) is 13.7. The van der Waals surface area contributed by atoms with Crippen molar-refractivity contribution in [1.29, 1.82) is 0 Å². The zero-order valence-electron chi connectivity index (χ0n) is 13.7. The summed E-state index contributed by atoms with van der Waals surface area (Å²) in [5.41, 5.74) is 0.946. The van der Waals surface area contributed by atoms with Crippen molar-refractivity contribution in [3.8, 4) is 0 Å². The zero-order chi connectivity index (χ0) is 16.2. The number of H-pyrrole nitrogens is 1. The largest absolute Gasteiger partial charge is 0.375 e. The van der Waals surface area contributed by atoms with E-state index < -0.39 is 0 Å². The minimum Gasteiger partial charge on any atom is -0.375 e. The average molecular weight is 319 g/mol. The second-order valence-electron chi connectivity index (χ2n) is 6.52. The maximum atomic E-state index is 12.7. The number of aryl methyl sites for hydroxylation is 1. The molecule has 0 radical (unpaired) electrons. The van der Waals surface area contributed by atoms with Crippen molar-refractivity contribution in [1.82, 2.24) is 14.8 Å². The maximum absolute atomic E-state index is 12.7. The fourth-order valence-corrected chi connectivity index (χ4v) is 3.43. The second kappa shape index (κ2) is 7.27. The predicted octanol–water partition coefficient (Wildman–Crippen LogP) is 1.01. The molecule has 2 aliphatic heterocycles. The molecular formula is C17H25N3O3. The number of nitrogens with zero attached hydrogens (tertiary/aromatic N) is 2. The Bertz CT molecular complexity index is 607. The number of hydrogen-bond donors (Lipinski definition) is 1. The molecule has 0 bridgehead atoms. The molecule has 2 fully saturated rings. The quantitative estimate of drug-likeness (QED) is 0.903. The van der Waals surface area contributed by atoms with Crippen LogP contribution in [0.25, 0.3) is 0 Å². The highest BCUT2D eigenvalue weighted by atomic mass is 16.5. The van der Waals surface area contributed by atoms with Gasteiger partial charge in [0.05, 0.1) is 6.10 Å². The van der Waals surface area contributed by atoms with E-state index in [0.717, 1.165) is 26.1 Å². The number of carbonyl (C=O) groups is 1. The smallest absolute Gasteiger partial charge is 0.254 e. The van der Waals surface area contributed by atoms with E-state index in [4.69, 9.17) is 4.74 Å². The number of likely N-dealkylation sites (tertiary alicyclic amines) is 1. The Hall–Kier alpha value is -1.66. The molecule has 1 N–H and O–H groups in total. The highest BCUT2D eigenvalue weighted by Crippen LogP contribution is 2.14. The van der Waals surface area contributed by atoms with Gasteiger partial charge >= 0.3 is 0 Å². The number of aromatic amines is 1. The number of amides is 1. The van der Waals surface area contributed by atoms with E-state index in [1.807, 2.05) is 4.90 Å². The number of hydrogen-bond acceptors (Lipinski definition) is 4. The summed E-state index contributed by atoms with van der Waals surface area (Å²) in [7, 11) is 0. The van der Waals surface area contributed by atoms with Crippen LogP contribution in [0.3, 0.4) is 0 Å². The number of aromatic nitrogens is 1. The third-order valence-corrected chi connectivity index (χ3v) is 4.52. The molecule has 126 valence electrons. The van der Waals surface area contributed by atoms with Crippen LogP contribution in [0.1, 0.15) is 35.3 Å². The summed E-state index contributed by atoms with van der Waals surface area (Å²) in [6.45, 7) is 6.90. The van der Waals surface area contributed by atoms with Gasteiger partial charge in [0.1, 0.15) is 0 Å². The molecule has 0 spiro atoms. The normalized spacial score (nSPS) is 23.0. The van der Waals surface area contributed by atoms with Crippen molar-refractivity contribution in [2.24, 2.45) is 0 Å². The maximum Gasteiger partial charge on any atom is 0.254 e. The van der Waals surface area contributed by atoms with E-state index in [1.54, 1.807) is 13.0 Å². The van der Waals surface area contributed by atoms with E-state index >= 15 is 0 Å². The van der Waals surface area contributed by atoms with Crippen molar-refractivity contribution in [3.63, 3.8) is 0 Å². The lowest BCUT2D eigenvalue weighted by Gasteiger charge is -2.27. The van der Waals surface area contributed by atoms with Gasteiger partial charge in [0.2, 0.25) is 5.56 Å². The lowest BCUT2D eigenvalue weighted by Crippen LogP contribution is -2.42. The first-order valence-electron chi connectivity index (χ1n) is 8.46. The summed E-state index contributed by atoms with van der Waals surface area (Å²) < 4.78 is 5.93. The lowest BCUT2D eigenvalue weighted by molar-refractivity contribution is 0.0297. The standard InChI is InChI=1S/C17H25N3O3/c1-13-9-14(10-16(21)18-13)17(22)20-7-4-8-23-15(12-20)11-19-5-2-3-6-19/h9-10,15H,2-8,11-12H2,1H3,(H,18,21). The molecule has 3 heterocycles. The first-order chi connectivity index (χ1) is 11.1. The summed E-state index contributed by atoms with van der Waals surface area (Å²) >= 11 is 0. The number of ether oxygens (including phenoxy) is 1. The molecule has 3 rings (SSSR count). The Morgan fingerprint density at radius 2 is 2.04 bits per heavy atom. The Morgan fingerprint density at radius 1 is 1.26 bits per heavy atom. The molecule has 6 heteroatoms. The van der Waals surface area contributed by atoms with Crippen LogP contribution in [0.2, 0.25) is 0 Å². The van der Waals surface area contributed by atoms with E-state index in [9.17, 15) is 9.59 Å². The van der Waals surface area contributed by atoms with E-state index in [2.05, 4.69) is 9.88 Å². The highest BCUT2D eigenvalue weighted by molar-refractivity contribution is 5.94. The Morgan fingerprint density at radius 3 is 2.78 bits per heavy atom. The summed E-state index contributed by atoms with van der Waals surface area (Å²) in [5, 5.41) is 0. The van der Waals surface area contributed by atoms with Crippen molar-refractivity contribution >= 4 is 5.91 Å². The highest BCUT2D eigenvalue weighted by Gasteiger charge is 2.26. The molecule has 23 heavy (non-hydrogen) atoms. The Kier molecular flexibility index (Phi) is 5.13. The van der Waals surface area contributed by atoms with Gasteiger partial charge in [0.15, 0.2) is 0 Å². The van der Waals surface area contributed by atoms with Crippen molar-refractivity contribution in [2.45, 2.75) is 32.3 Å². The molecular weight excluding hydrogens is 294 g/mol. The monoisotopic (exact) mass is 319 g/mol. The molecule has 1 amide bonds.